The average molecular weight is 545 g/mol. The third kappa shape index (κ3) is 6.34. The van der Waals surface area contributed by atoms with Crippen LogP contribution in [0, 0.1) is 11.8 Å². The van der Waals surface area contributed by atoms with Gasteiger partial charge in [0.05, 0.1) is 22.6 Å². The van der Waals surface area contributed by atoms with Crippen LogP contribution in [0.4, 0.5) is 0 Å². The number of benzene rings is 2. The Morgan fingerprint density at radius 1 is 0.605 bits per heavy atom. The average Bonchev–Trinajstić information content (AvgIpc) is 2.92. The monoisotopic (exact) mass is 544 g/mol. The van der Waals surface area contributed by atoms with Crippen LogP contribution in [0.2, 0.25) is 0 Å². The fourth-order valence-electron chi connectivity index (χ4n) is 3.57. The number of hydrogen-bond donors (Lipinski definition) is 2. The van der Waals surface area contributed by atoms with Gasteiger partial charge in [-0.25, -0.2) is 9.98 Å². The van der Waals surface area contributed by atoms with Gasteiger partial charge in [-0.3, -0.25) is 19.2 Å². The topological polar surface area (TPSA) is 133 Å². The maximum absolute atomic E-state index is 13.0. The van der Waals surface area contributed by atoms with E-state index in [4.69, 9.17) is 0 Å². The van der Waals surface area contributed by atoms with Gasteiger partial charge in [0.1, 0.15) is 11.8 Å². The standard InChI is InChI=1S/C28H20N2O6S2/c31-25(29-21-13-5-1-9-17(21)27(33)34)19-11-3-7-15-23(19)37-38-24-16-8-4-12-20(24)26(32)30-22-14-6-2-10-18(22)28(35)36/h1-18H,(H,33,34)(H,35,36). The Hall–Kier alpha value is -4.28. The highest BCUT2D eigenvalue weighted by Gasteiger charge is 2.24. The molecule has 190 valence electrons. The zero-order chi connectivity index (χ0) is 27.1. The van der Waals surface area contributed by atoms with Crippen molar-refractivity contribution in [3.05, 3.63) is 108 Å². The number of carbonyl (C=O) groups excluding carboxylic acids is 2. The number of carboxylic acid groups (broad SMARTS) is 2. The molecular weight excluding hydrogens is 524 g/mol. The van der Waals surface area contributed by atoms with Crippen LogP contribution in [0.3, 0.4) is 0 Å². The Morgan fingerprint density at radius 3 is 1.39 bits per heavy atom. The summed E-state index contributed by atoms with van der Waals surface area (Å²) < 4.78 is 0. The normalized spacial score (nSPS) is 20.1. The van der Waals surface area contributed by atoms with Gasteiger partial charge in [0.15, 0.2) is 0 Å². The van der Waals surface area contributed by atoms with Crippen LogP contribution in [-0.4, -0.2) is 45.4 Å². The van der Waals surface area contributed by atoms with Crippen LogP contribution in [-0.2, 0) is 9.59 Å². The second kappa shape index (κ2) is 12.3. The molecule has 2 aromatic rings. The molecule has 0 aromatic heterocycles. The van der Waals surface area contributed by atoms with Gasteiger partial charge in [-0.15, -0.1) is 0 Å². The molecule has 4 rings (SSSR count). The van der Waals surface area contributed by atoms with Gasteiger partial charge in [0, 0.05) is 9.79 Å². The van der Waals surface area contributed by atoms with Gasteiger partial charge in [-0.1, -0.05) is 82.3 Å². The summed E-state index contributed by atoms with van der Waals surface area (Å²) in [5, 5.41) is 18.8. The van der Waals surface area contributed by atoms with Crippen LogP contribution in [0.15, 0.2) is 117 Å². The van der Waals surface area contributed by atoms with Crippen LogP contribution in [0.5, 0.6) is 0 Å². The summed E-state index contributed by atoms with van der Waals surface area (Å²) in [5.74, 6) is -5.38. The van der Waals surface area contributed by atoms with Crippen molar-refractivity contribution in [2.45, 2.75) is 9.79 Å². The van der Waals surface area contributed by atoms with Crippen molar-refractivity contribution in [2.24, 2.45) is 21.8 Å². The Kier molecular flexibility index (Phi) is 8.67. The first-order chi connectivity index (χ1) is 18.3. The van der Waals surface area contributed by atoms with E-state index < -0.39 is 35.6 Å². The van der Waals surface area contributed by atoms with Crippen molar-refractivity contribution in [1.82, 2.24) is 0 Å². The quantitative estimate of drug-likeness (QED) is 0.449. The zero-order valence-electron chi connectivity index (χ0n) is 19.6. The molecule has 0 spiro atoms. The molecule has 2 aromatic carbocycles. The third-order valence-corrected chi connectivity index (χ3v) is 7.93. The number of rotatable bonds is 7. The smallest absolute Gasteiger partial charge is 0.316 e. The molecule has 0 saturated carbocycles. The molecule has 0 saturated heterocycles. The van der Waals surface area contributed by atoms with Crippen LogP contribution in [0.25, 0.3) is 0 Å². The number of hydrogen-bond acceptors (Lipinski definition) is 6. The molecular formula is C28H20N2O6S2. The van der Waals surface area contributed by atoms with Gasteiger partial charge in [0.25, 0.3) is 11.8 Å². The van der Waals surface area contributed by atoms with E-state index >= 15 is 0 Å². The molecule has 2 atom stereocenters. The first-order valence-electron chi connectivity index (χ1n) is 11.3. The Bertz CT molecular complexity index is 1370. The molecule has 0 heterocycles. The summed E-state index contributed by atoms with van der Waals surface area (Å²) >= 11 is 0. The highest BCUT2D eigenvalue weighted by molar-refractivity contribution is 8.76. The van der Waals surface area contributed by atoms with E-state index in [1.807, 2.05) is 0 Å². The van der Waals surface area contributed by atoms with Crippen molar-refractivity contribution in [1.29, 1.82) is 0 Å². The minimum absolute atomic E-state index is 0.138. The molecule has 0 fully saturated rings. The molecule has 0 aliphatic heterocycles. The van der Waals surface area contributed by atoms with E-state index in [0.717, 1.165) is 0 Å². The molecule has 0 bridgehead atoms. The van der Waals surface area contributed by atoms with E-state index in [9.17, 15) is 29.4 Å². The lowest BCUT2D eigenvalue weighted by atomic mass is 9.98. The van der Waals surface area contributed by atoms with Gasteiger partial charge >= 0.3 is 11.9 Å². The second-order valence-electron chi connectivity index (χ2n) is 7.96. The number of amides is 2. The maximum Gasteiger partial charge on any atom is 0.316 e. The number of allylic oxidation sites excluding steroid dienone is 6. The molecule has 2 N–H and O–H groups in total. The first kappa shape index (κ1) is 26.8. The Labute approximate surface area is 225 Å². The van der Waals surface area contributed by atoms with E-state index in [-0.39, 0.29) is 22.6 Å². The van der Waals surface area contributed by atoms with Crippen molar-refractivity contribution < 1.29 is 29.4 Å². The van der Waals surface area contributed by atoms with Gasteiger partial charge in [-0.2, -0.15) is 0 Å². The number of carboxylic acids is 2. The summed E-state index contributed by atoms with van der Waals surface area (Å²) in [7, 11) is 2.48. The van der Waals surface area contributed by atoms with E-state index in [0.29, 0.717) is 9.79 Å². The number of aliphatic carboxylic acids is 2. The number of nitrogens with zero attached hydrogens (tertiary/aromatic N) is 2. The van der Waals surface area contributed by atoms with Crippen LogP contribution < -0.4 is 0 Å². The predicted molar refractivity (Wildman–Crippen MR) is 147 cm³/mol. The van der Waals surface area contributed by atoms with Crippen molar-refractivity contribution in [3.8, 4) is 0 Å². The van der Waals surface area contributed by atoms with Crippen molar-refractivity contribution >= 4 is 56.8 Å². The lowest BCUT2D eigenvalue weighted by Crippen LogP contribution is -2.23. The van der Waals surface area contributed by atoms with Gasteiger partial charge in [-0.05, 0) is 36.4 Å². The van der Waals surface area contributed by atoms with Gasteiger partial charge in [0.2, 0.25) is 0 Å². The molecule has 2 aliphatic carbocycles. The van der Waals surface area contributed by atoms with Gasteiger partial charge < -0.3 is 10.2 Å². The predicted octanol–water partition coefficient (Wildman–Crippen LogP) is 5.30. The second-order valence-corrected chi connectivity index (χ2v) is 10.2. The number of aliphatic imine (C=N–C) groups is 2. The summed E-state index contributed by atoms with van der Waals surface area (Å²) in [6.07, 6.45) is 12.3. The Morgan fingerprint density at radius 2 is 1.00 bits per heavy atom. The van der Waals surface area contributed by atoms with Crippen LogP contribution >= 0.6 is 21.6 Å². The molecule has 2 amide bonds. The fourth-order valence-corrected chi connectivity index (χ4v) is 5.92. The van der Waals surface area contributed by atoms with Crippen LogP contribution in [0.1, 0.15) is 20.7 Å². The lowest BCUT2D eigenvalue weighted by Gasteiger charge is -2.12. The fraction of sp³-hybridized carbons (Fsp3) is 0.0714. The first-order valence-corrected chi connectivity index (χ1v) is 13.4. The zero-order valence-corrected chi connectivity index (χ0v) is 21.3. The molecule has 10 heteroatoms. The summed E-state index contributed by atoms with van der Waals surface area (Å²) in [6, 6.07) is 13.6. The molecule has 0 radical (unpaired) electrons. The Balaban J connectivity index is 1.55. The lowest BCUT2D eigenvalue weighted by molar-refractivity contribution is -0.139. The largest absolute Gasteiger partial charge is 0.481 e. The minimum atomic E-state index is -1.10. The molecule has 38 heavy (non-hydrogen) atoms. The highest BCUT2D eigenvalue weighted by Crippen LogP contribution is 2.41. The van der Waals surface area contributed by atoms with E-state index in [2.05, 4.69) is 9.98 Å². The van der Waals surface area contributed by atoms with Crippen molar-refractivity contribution in [2.75, 3.05) is 0 Å². The third-order valence-electron chi connectivity index (χ3n) is 5.45. The highest BCUT2D eigenvalue weighted by atomic mass is 33.1. The summed E-state index contributed by atoms with van der Waals surface area (Å²) in [4.78, 5) is 58.3. The van der Waals surface area contributed by atoms with E-state index in [1.54, 1.807) is 72.8 Å². The minimum Gasteiger partial charge on any atom is -0.481 e. The van der Waals surface area contributed by atoms with E-state index in [1.165, 1.54) is 45.9 Å². The SMILES string of the molecule is O=C(N=C1C=CC=CC1C(=O)O)c1ccccc1SSc1ccccc1C(=O)N=C1C=CC=CC1C(=O)O. The molecule has 8 nitrogen and oxygen atoms in total. The summed E-state index contributed by atoms with van der Waals surface area (Å²) in [6.45, 7) is 0. The summed E-state index contributed by atoms with van der Waals surface area (Å²) in [5.41, 5.74) is 0.853. The maximum atomic E-state index is 13.0. The van der Waals surface area contributed by atoms with Crippen molar-refractivity contribution in [3.63, 3.8) is 0 Å². The number of carbonyl (C=O) groups is 4. The molecule has 2 unspecified atom stereocenters. The molecule has 2 aliphatic rings.